The third-order valence-corrected chi connectivity index (χ3v) is 8.88. The number of para-hydroxylation sites is 2. The number of nitrogens with one attached hydrogen (secondary N) is 1. The zero-order valence-corrected chi connectivity index (χ0v) is 27.7. The SMILES string of the molecule is COc1ccccc1COCCCCCC[N+](C)(C)C(CN1CCC(OC(=O)Nc2ccccc2-c2ccccc2)CC1)C(N)=O. The van der Waals surface area contributed by atoms with Crippen LogP contribution in [0.2, 0.25) is 0 Å². The van der Waals surface area contributed by atoms with Crippen LogP contribution in [-0.4, -0.2) is 87.5 Å². The Labute approximate surface area is 274 Å². The van der Waals surface area contributed by atoms with Gasteiger partial charge in [-0.2, -0.15) is 0 Å². The second-order valence-corrected chi connectivity index (χ2v) is 12.6. The van der Waals surface area contributed by atoms with Gasteiger partial charge in [-0.15, -0.1) is 0 Å². The molecule has 46 heavy (non-hydrogen) atoms. The number of quaternary nitrogens is 1. The molecule has 3 N–H and O–H groups in total. The zero-order chi connectivity index (χ0) is 32.8. The van der Waals surface area contributed by atoms with Gasteiger partial charge in [0.05, 0.1) is 46.6 Å². The number of methoxy groups -OCH3 is 1. The zero-order valence-electron chi connectivity index (χ0n) is 27.7. The van der Waals surface area contributed by atoms with Gasteiger partial charge in [0.15, 0.2) is 6.04 Å². The number of piperidine rings is 1. The largest absolute Gasteiger partial charge is 0.496 e. The van der Waals surface area contributed by atoms with Gasteiger partial charge in [0.2, 0.25) is 0 Å². The Kier molecular flexibility index (Phi) is 13.4. The molecule has 248 valence electrons. The average Bonchev–Trinajstić information content (AvgIpc) is 3.06. The molecule has 0 aliphatic carbocycles. The summed E-state index contributed by atoms with van der Waals surface area (Å²) in [5, 5.41) is 2.93. The van der Waals surface area contributed by atoms with Gasteiger partial charge < -0.3 is 24.4 Å². The van der Waals surface area contributed by atoms with Crippen LogP contribution in [0.3, 0.4) is 0 Å². The maximum atomic E-state index is 12.8. The molecule has 1 aliphatic heterocycles. The number of nitrogens with two attached hydrogens (primary N) is 1. The van der Waals surface area contributed by atoms with Crippen LogP contribution in [0.15, 0.2) is 78.9 Å². The van der Waals surface area contributed by atoms with E-state index in [2.05, 4.69) is 24.3 Å². The second kappa shape index (κ2) is 17.7. The van der Waals surface area contributed by atoms with E-state index in [1.807, 2.05) is 78.9 Å². The van der Waals surface area contributed by atoms with E-state index < -0.39 is 6.09 Å². The summed E-state index contributed by atoms with van der Waals surface area (Å²) in [5.74, 6) is 0.581. The molecular formula is C37H51N4O5+. The first kappa shape index (κ1) is 34.9. The van der Waals surface area contributed by atoms with E-state index in [9.17, 15) is 9.59 Å². The Hall–Kier alpha value is -3.92. The number of carbonyl (C=O) groups is 2. The van der Waals surface area contributed by atoms with E-state index in [4.69, 9.17) is 19.9 Å². The van der Waals surface area contributed by atoms with E-state index in [0.29, 0.717) is 37.1 Å². The number of hydrogen-bond acceptors (Lipinski definition) is 6. The fourth-order valence-electron chi connectivity index (χ4n) is 6.10. The van der Waals surface area contributed by atoms with Crippen LogP contribution < -0.4 is 15.8 Å². The first-order valence-corrected chi connectivity index (χ1v) is 16.4. The molecule has 0 aromatic heterocycles. The van der Waals surface area contributed by atoms with Crippen LogP contribution in [0, 0.1) is 0 Å². The Morgan fingerprint density at radius 3 is 2.33 bits per heavy atom. The van der Waals surface area contributed by atoms with E-state index >= 15 is 0 Å². The standard InChI is InChI=1S/C37H50N4O5/c1-41(2,25-13-4-5-14-26-45-28-30-17-9-12-20-35(30)44-3)34(36(38)42)27-40-23-21-31(22-24-40)46-37(43)39-33-19-11-10-18-32(33)29-15-7-6-8-16-29/h6-12,15-20,31,34H,4-5,13-14,21-28H2,1-3H3,(H2-,38,39,42,43)/p+1. The lowest BCUT2D eigenvalue weighted by Gasteiger charge is -2.40. The first-order chi connectivity index (χ1) is 22.3. The highest BCUT2D eigenvalue weighted by atomic mass is 16.6. The van der Waals surface area contributed by atoms with Crippen molar-refractivity contribution in [3.8, 4) is 16.9 Å². The van der Waals surface area contributed by atoms with E-state index in [0.717, 1.165) is 73.4 Å². The number of nitrogens with zero attached hydrogens (tertiary/aromatic N) is 2. The number of likely N-dealkylation sites (N-methyl/N-ethyl adjacent to an activating group) is 1. The fraction of sp³-hybridized carbons (Fsp3) is 0.459. The summed E-state index contributed by atoms with van der Waals surface area (Å²) in [5.41, 5.74) is 9.69. The van der Waals surface area contributed by atoms with Gasteiger partial charge in [0, 0.05) is 30.8 Å². The Balaban J connectivity index is 1.14. The minimum atomic E-state index is -0.447. The lowest BCUT2D eigenvalue weighted by Crippen LogP contribution is -2.60. The van der Waals surface area contributed by atoms with Gasteiger partial charge >= 0.3 is 6.09 Å². The van der Waals surface area contributed by atoms with Crippen LogP contribution in [-0.2, 0) is 20.9 Å². The highest BCUT2D eigenvalue weighted by Crippen LogP contribution is 2.28. The summed E-state index contributed by atoms with van der Waals surface area (Å²) < 4.78 is 17.6. The normalized spacial score (nSPS) is 14.8. The number of primary amides is 1. The summed E-state index contributed by atoms with van der Waals surface area (Å²) in [6.45, 7) is 4.23. The molecule has 3 aromatic carbocycles. The third kappa shape index (κ3) is 10.6. The molecule has 0 spiro atoms. The molecule has 9 heteroatoms. The van der Waals surface area contributed by atoms with Crippen LogP contribution in [0.25, 0.3) is 11.1 Å². The van der Waals surface area contributed by atoms with Gasteiger partial charge in [0.1, 0.15) is 11.9 Å². The summed E-state index contributed by atoms with van der Waals surface area (Å²) >= 11 is 0. The Morgan fingerprint density at radius 1 is 0.913 bits per heavy atom. The predicted octanol–water partition coefficient (Wildman–Crippen LogP) is 6.08. The Bertz CT molecular complexity index is 1370. The molecular weight excluding hydrogens is 580 g/mol. The van der Waals surface area contributed by atoms with Crippen molar-refractivity contribution in [2.24, 2.45) is 5.73 Å². The average molecular weight is 632 g/mol. The predicted molar refractivity (Wildman–Crippen MR) is 183 cm³/mol. The van der Waals surface area contributed by atoms with Crippen molar-refractivity contribution in [3.05, 3.63) is 84.4 Å². The molecule has 2 amide bonds. The van der Waals surface area contributed by atoms with Gasteiger partial charge in [-0.25, -0.2) is 4.79 Å². The van der Waals surface area contributed by atoms with Gasteiger partial charge in [-0.05, 0) is 49.8 Å². The number of carbonyl (C=O) groups excluding carboxylic acids is 2. The number of ether oxygens (including phenoxy) is 3. The van der Waals surface area contributed by atoms with E-state index in [1.165, 1.54) is 0 Å². The molecule has 0 bridgehead atoms. The number of hydrogen-bond donors (Lipinski definition) is 2. The number of benzene rings is 3. The van der Waals surface area contributed by atoms with Gasteiger partial charge in [0.25, 0.3) is 5.91 Å². The third-order valence-electron chi connectivity index (χ3n) is 8.88. The molecule has 1 saturated heterocycles. The van der Waals surface area contributed by atoms with Crippen molar-refractivity contribution in [2.75, 3.05) is 59.3 Å². The summed E-state index contributed by atoms with van der Waals surface area (Å²) in [6, 6.07) is 25.3. The van der Waals surface area contributed by atoms with Crippen molar-refractivity contribution in [1.29, 1.82) is 0 Å². The topological polar surface area (TPSA) is 103 Å². The van der Waals surface area contributed by atoms with Gasteiger partial charge in [-0.1, -0.05) is 73.2 Å². The molecule has 4 rings (SSSR count). The number of likely N-dealkylation sites (tertiary alicyclic amines) is 1. The van der Waals surface area contributed by atoms with E-state index in [1.54, 1.807) is 7.11 Å². The van der Waals surface area contributed by atoms with E-state index in [-0.39, 0.29) is 18.1 Å². The van der Waals surface area contributed by atoms with Gasteiger partial charge in [-0.3, -0.25) is 15.0 Å². The maximum absolute atomic E-state index is 12.8. The molecule has 1 unspecified atom stereocenters. The van der Waals surface area contributed by atoms with Crippen molar-refractivity contribution in [2.45, 2.75) is 57.3 Å². The van der Waals surface area contributed by atoms with Crippen molar-refractivity contribution in [3.63, 3.8) is 0 Å². The molecule has 1 fully saturated rings. The second-order valence-electron chi connectivity index (χ2n) is 12.6. The van der Waals surface area contributed by atoms with Crippen molar-refractivity contribution in [1.82, 2.24) is 4.90 Å². The number of unbranched alkanes of at least 4 members (excludes halogenated alkanes) is 3. The molecule has 1 heterocycles. The maximum Gasteiger partial charge on any atom is 0.411 e. The molecule has 1 atom stereocenters. The lowest BCUT2D eigenvalue weighted by atomic mass is 10.0. The summed E-state index contributed by atoms with van der Waals surface area (Å²) in [4.78, 5) is 27.7. The highest BCUT2D eigenvalue weighted by Gasteiger charge is 2.36. The fourth-order valence-corrected chi connectivity index (χ4v) is 6.10. The minimum Gasteiger partial charge on any atom is -0.496 e. The number of rotatable bonds is 17. The monoisotopic (exact) mass is 631 g/mol. The molecule has 0 radical (unpaired) electrons. The molecule has 9 nitrogen and oxygen atoms in total. The van der Waals surface area contributed by atoms with Crippen molar-refractivity contribution >= 4 is 17.7 Å². The van der Waals surface area contributed by atoms with Crippen LogP contribution in [0.4, 0.5) is 10.5 Å². The molecule has 0 saturated carbocycles. The number of anilines is 1. The quantitative estimate of drug-likeness (QED) is 0.138. The van der Waals surface area contributed by atoms with Crippen LogP contribution >= 0.6 is 0 Å². The Morgan fingerprint density at radius 2 is 1.59 bits per heavy atom. The molecule has 3 aromatic rings. The van der Waals surface area contributed by atoms with Crippen LogP contribution in [0.5, 0.6) is 5.75 Å². The highest BCUT2D eigenvalue weighted by molar-refractivity contribution is 5.91. The lowest BCUT2D eigenvalue weighted by molar-refractivity contribution is -0.905. The molecule has 1 aliphatic rings. The summed E-state index contributed by atoms with van der Waals surface area (Å²) in [6.07, 6.45) is 4.97. The minimum absolute atomic E-state index is 0.173. The summed E-state index contributed by atoms with van der Waals surface area (Å²) in [7, 11) is 5.87. The number of amides is 2. The van der Waals surface area contributed by atoms with Crippen molar-refractivity contribution < 1.29 is 28.3 Å². The van der Waals surface area contributed by atoms with Crippen LogP contribution in [0.1, 0.15) is 44.1 Å². The smallest absolute Gasteiger partial charge is 0.411 e. The first-order valence-electron chi connectivity index (χ1n) is 16.4.